The van der Waals surface area contributed by atoms with Crippen LogP contribution in [0.1, 0.15) is 66.7 Å². The third kappa shape index (κ3) is 5.37. The lowest BCUT2D eigenvalue weighted by Gasteiger charge is -2.25. The molecule has 6 nitrogen and oxygen atoms in total. The summed E-state index contributed by atoms with van der Waals surface area (Å²) >= 11 is 0. The number of hydrogen-bond donors (Lipinski definition) is 2. The van der Waals surface area contributed by atoms with E-state index in [9.17, 15) is 4.79 Å². The van der Waals surface area contributed by atoms with Crippen LogP contribution in [0.3, 0.4) is 0 Å². The number of benzene rings is 1. The Morgan fingerprint density at radius 2 is 2.03 bits per heavy atom. The van der Waals surface area contributed by atoms with E-state index in [-0.39, 0.29) is 0 Å². The minimum atomic E-state index is -0.523. The molecule has 2 N–H and O–H groups in total. The first-order valence-corrected chi connectivity index (χ1v) is 11.0. The van der Waals surface area contributed by atoms with E-state index in [4.69, 9.17) is 10.3 Å². The van der Waals surface area contributed by atoms with Gasteiger partial charge >= 0.3 is 0 Å². The number of likely N-dealkylation sites (tertiary alicyclic amines) is 1. The van der Waals surface area contributed by atoms with Crippen LogP contribution >= 0.6 is 0 Å². The minimum Gasteiger partial charge on any atom is -0.296 e. The second-order valence-corrected chi connectivity index (χ2v) is 8.15. The number of nitrogens with zero attached hydrogens (tertiary/aromatic N) is 3. The Morgan fingerprint density at radius 3 is 2.73 bits per heavy atom. The van der Waals surface area contributed by atoms with Crippen LogP contribution in [-0.2, 0) is 17.8 Å². The van der Waals surface area contributed by atoms with Crippen molar-refractivity contribution in [3.63, 3.8) is 0 Å². The predicted octanol–water partition coefficient (Wildman–Crippen LogP) is 4.20. The Bertz CT molecular complexity index is 870. The molecule has 1 aliphatic rings. The van der Waals surface area contributed by atoms with Crippen LogP contribution < -0.4 is 5.48 Å². The molecule has 1 aromatic carbocycles. The standard InChI is InChI=1S/C24H34N4O2/c1-4-5-16-28-19(3)22(18(2)25-28)14-17-27-15-6-7-23(27)21-11-8-20(9-12-21)10-13-24(29)26-30/h8-13,23,30H,4-7,14-17H2,1-3H3,(H,26,29). The van der Waals surface area contributed by atoms with Crippen molar-refractivity contribution >= 4 is 12.0 Å². The summed E-state index contributed by atoms with van der Waals surface area (Å²) in [5, 5.41) is 13.3. The molecule has 1 fully saturated rings. The predicted molar refractivity (Wildman–Crippen MR) is 119 cm³/mol. The zero-order chi connectivity index (χ0) is 21.5. The maximum atomic E-state index is 11.1. The smallest absolute Gasteiger partial charge is 0.267 e. The Kier molecular flexibility index (Phi) is 7.82. The number of aromatic nitrogens is 2. The maximum absolute atomic E-state index is 11.1. The van der Waals surface area contributed by atoms with Gasteiger partial charge in [-0.3, -0.25) is 19.6 Å². The average Bonchev–Trinajstić information content (AvgIpc) is 3.33. The molecule has 1 aromatic heterocycles. The van der Waals surface area contributed by atoms with Crippen LogP contribution in [0.5, 0.6) is 0 Å². The number of carbonyl (C=O) groups is 1. The summed E-state index contributed by atoms with van der Waals surface area (Å²) in [4.78, 5) is 13.7. The number of hydroxylamine groups is 1. The highest BCUT2D eigenvalue weighted by Crippen LogP contribution is 2.32. The fraction of sp³-hybridized carbons (Fsp3) is 0.500. The average molecular weight is 411 g/mol. The van der Waals surface area contributed by atoms with E-state index < -0.39 is 5.91 Å². The van der Waals surface area contributed by atoms with Gasteiger partial charge in [0.1, 0.15) is 0 Å². The van der Waals surface area contributed by atoms with Crippen molar-refractivity contribution in [1.82, 2.24) is 20.2 Å². The highest BCUT2D eigenvalue weighted by Gasteiger charge is 2.26. The SMILES string of the molecule is CCCCn1nc(C)c(CCN2CCCC2c2ccc(C=CC(=O)NO)cc2)c1C. The number of amides is 1. The van der Waals surface area contributed by atoms with Crippen molar-refractivity contribution in [2.75, 3.05) is 13.1 Å². The number of nitrogens with one attached hydrogen (secondary N) is 1. The Morgan fingerprint density at radius 1 is 1.27 bits per heavy atom. The van der Waals surface area contributed by atoms with Crippen LogP contribution in [0.15, 0.2) is 30.3 Å². The van der Waals surface area contributed by atoms with Crippen molar-refractivity contribution in [3.05, 3.63) is 58.4 Å². The molecule has 2 aromatic rings. The molecule has 0 radical (unpaired) electrons. The molecule has 1 aliphatic heterocycles. The molecule has 0 spiro atoms. The van der Waals surface area contributed by atoms with Crippen molar-refractivity contribution < 1.29 is 10.0 Å². The number of carbonyl (C=O) groups excluding carboxylic acids is 1. The van der Waals surface area contributed by atoms with Gasteiger partial charge in [0.05, 0.1) is 5.69 Å². The van der Waals surface area contributed by atoms with Crippen molar-refractivity contribution in [2.24, 2.45) is 0 Å². The van der Waals surface area contributed by atoms with Crippen molar-refractivity contribution in [1.29, 1.82) is 0 Å². The number of aryl methyl sites for hydroxylation is 2. The quantitative estimate of drug-likeness (QED) is 0.369. The number of hydrogen-bond acceptors (Lipinski definition) is 4. The molecule has 1 amide bonds. The first kappa shape index (κ1) is 22.2. The van der Waals surface area contributed by atoms with E-state index in [1.54, 1.807) is 11.6 Å². The summed E-state index contributed by atoms with van der Waals surface area (Å²) in [7, 11) is 0. The molecular weight excluding hydrogens is 376 g/mol. The molecule has 1 saturated heterocycles. The molecule has 1 atom stereocenters. The van der Waals surface area contributed by atoms with Gasteiger partial charge < -0.3 is 0 Å². The summed E-state index contributed by atoms with van der Waals surface area (Å²) in [6.07, 6.45) is 8.81. The minimum absolute atomic E-state index is 0.444. The second-order valence-electron chi connectivity index (χ2n) is 8.15. The lowest BCUT2D eigenvalue weighted by molar-refractivity contribution is -0.124. The molecule has 0 saturated carbocycles. The lowest BCUT2D eigenvalue weighted by atomic mass is 10.0. The van der Waals surface area contributed by atoms with Gasteiger partial charge in [0.15, 0.2) is 0 Å². The second kappa shape index (κ2) is 10.5. The highest BCUT2D eigenvalue weighted by atomic mass is 16.5. The van der Waals surface area contributed by atoms with Crippen LogP contribution in [0.2, 0.25) is 0 Å². The molecule has 6 heteroatoms. The van der Waals surface area contributed by atoms with Crippen LogP contribution in [0, 0.1) is 13.8 Å². The third-order valence-corrected chi connectivity index (χ3v) is 6.13. The largest absolute Gasteiger partial charge is 0.296 e. The first-order valence-electron chi connectivity index (χ1n) is 11.0. The summed E-state index contributed by atoms with van der Waals surface area (Å²) in [5.41, 5.74) is 7.76. The summed E-state index contributed by atoms with van der Waals surface area (Å²) < 4.78 is 2.18. The van der Waals surface area contributed by atoms with Crippen LogP contribution in [-0.4, -0.2) is 38.9 Å². The van der Waals surface area contributed by atoms with Crippen LogP contribution in [0.25, 0.3) is 6.08 Å². The van der Waals surface area contributed by atoms with Gasteiger partial charge in [0.2, 0.25) is 0 Å². The zero-order valence-electron chi connectivity index (χ0n) is 18.4. The zero-order valence-corrected chi connectivity index (χ0v) is 18.4. The van der Waals surface area contributed by atoms with Gasteiger partial charge in [-0.25, -0.2) is 5.48 Å². The Labute approximate surface area is 179 Å². The van der Waals surface area contributed by atoms with Gasteiger partial charge in [0, 0.05) is 30.9 Å². The van der Waals surface area contributed by atoms with E-state index in [0.29, 0.717) is 6.04 Å². The molecule has 162 valence electrons. The molecule has 3 rings (SSSR count). The number of unbranched alkanes of at least 4 members (excludes halogenated alkanes) is 1. The summed E-state index contributed by atoms with van der Waals surface area (Å²) in [5.74, 6) is -0.523. The maximum Gasteiger partial charge on any atom is 0.267 e. The molecule has 0 aliphatic carbocycles. The van der Waals surface area contributed by atoms with Crippen LogP contribution in [0.4, 0.5) is 0 Å². The van der Waals surface area contributed by atoms with Gasteiger partial charge in [-0.05, 0) is 68.8 Å². The van der Waals surface area contributed by atoms with E-state index in [1.165, 1.54) is 54.3 Å². The first-order chi connectivity index (χ1) is 14.5. The topological polar surface area (TPSA) is 70.4 Å². The van der Waals surface area contributed by atoms with Gasteiger partial charge in [-0.15, -0.1) is 0 Å². The van der Waals surface area contributed by atoms with Crippen molar-refractivity contribution in [2.45, 2.75) is 65.5 Å². The van der Waals surface area contributed by atoms with Gasteiger partial charge in [-0.2, -0.15) is 5.10 Å². The fourth-order valence-corrected chi connectivity index (χ4v) is 4.39. The highest BCUT2D eigenvalue weighted by molar-refractivity contribution is 5.90. The molecular formula is C24H34N4O2. The van der Waals surface area contributed by atoms with E-state index >= 15 is 0 Å². The summed E-state index contributed by atoms with van der Waals surface area (Å²) in [6, 6.07) is 8.80. The fourth-order valence-electron chi connectivity index (χ4n) is 4.39. The normalized spacial score (nSPS) is 17.1. The monoisotopic (exact) mass is 410 g/mol. The lowest BCUT2D eigenvalue weighted by Crippen LogP contribution is -2.26. The van der Waals surface area contributed by atoms with E-state index in [1.807, 2.05) is 12.1 Å². The third-order valence-electron chi connectivity index (χ3n) is 6.13. The Balaban J connectivity index is 1.63. The number of rotatable bonds is 9. The van der Waals surface area contributed by atoms with Crippen molar-refractivity contribution in [3.8, 4) is 0 Å². The Hall–Kier alpha value is -2.44. The van der Waals surface area contributed by atoms with Gasteiger partial charge in [-0.1, -0.05) is 37.6 Å². The molecule has 1 unspecified atom stereocenters. The molecule has 2 heterocycles. The van der Waals surface area contributed by atoms with E-state index in [0.717, 1.165) is 31.6 Å². The summed E-state index contributed by atoms with van der Waals surface area (Å²) in [6.45, 7) is 9.74. The van der Waals surface area contributed by atoms with E-state index in [2.05, 4.69) is 42.5 Å². The molecule has 30 heavy (non-hydrogen) atoms. The van der Waals surface area contributed by atoms with Gasteiger partial charge in [0.25, 0.3) is 5.91 Å². The molecule has 0 bridgehead atoms.